The van der Waals surface area contributed by atoms with Crippen molar-refractivity contribution in [1.29, 1.82) is 0 Å². The number of halogens is 1. The highest BCUT2D eigenvalue weighted by molar-refractivity contribution is 6.30. The van der Waals surface area contributed by atoms with E-state index in [-0.39, 0.29) is 6.04 Å². The van der Waals surface area contributed by atoms with Crippen LogP contribution in [0.5, 0.6) is 0 Å². The van der Waals surface area contributed by atoms with Crippen LogP contribution in [-0.4, -0.2) is 0 Å². The number of hydrazine groups is 1. The Bertz CT molecular complexity index is 539. The number of nitrogens with one attached hydrogen (secondary N) is 1. The normalized spacial score (nSPS) is 15.4. The maximum Gasteiger partial charge on any atom is 0.0531 e. The van der Waals surface area contributed by atoms with Gasteiger partial charge in [0.2, 0.25) is 0 Å². The Morgan fingerprint density at radius 1 is 1.00 bits per heavy atom. The van der Waals surface area contributed by atoms with Gasteiger partial charge >= 0.3 is 0 Å². The molecule has 112 valence electrons. The second-order valence-electron chi connectivity index (χ2n) is 5.52. The van der Waals surface area contributed by atoms with Crippen LogP contribution < -0.4 is 11.3 Å². The summed E-state index contributed by atoms with van der Waals surface area (Å²) in [7, 11) is 0. The van der Waals surface area contributed by atoms with E-state index in [1.54, 1.807) is 0 Å². The molecule has 0 spiro atoms. The molecule has 2 aromatic carbocycles. The van der Waals surface area contributed by atoms with Crippen molar-refractivity contribution in [2.24, 2.45) is 11.8 Å². The van der Waals surface area contributed by atoms with Crippen LogP contribution in [0.4, 0.5) is 0 Å². The third-order valence-electron chi connectivity index (χ3n) is 4.21. The zero-order valence-corrected chi connectivity index (χ0v) is 13.3. The van der Waals surface area contributed by atoms with Gasteiger partial charge in [0.1, 0.15) is 0 Å². The summed E-state index contributed by atoms with van der Waals surface area (Å²) in [6.45, 7) is 4.49. The lowest BCUT2D eigenvalue weighted by Crippen LogP contribution is -2.35. The molecule has 0 radical (unpaired) electrons. The third kappa shape index (κ3) is 3.85. The number of nitrogens with two attached hydrogens (primary N) is 1. The van der Waals surface area contributed by atoms with Crippen LogP contribution in [0, 0.1) is 5.92 Å². The van der Waals surface area contributed by atoms with Gasteiger partial charge in [-0.2, -0.15) is 0 Å². The van der Waals surface area contributed by atoms with Crippen molar-refractivity contribution in [2.45, 2.75) is 32.2 Å². The van der Waals surface area contributed by atoms with Crippen molar-refractivity contribution < 1.29 is 0 Å². The molecule has 2 aromatic rings. The summed E-state index contributed by atoms with van der Waals surface area (Å²) in [6, 6.07) is 18.6. The smallest absolute Gasteiger partial charge is 0.0531 e. The van der Waals surface area contributed by atoms with Gasteiger partial charge in [-0.3, -0.25) is 11.3 Å². The maximum atomic E-state index is 5.99. The summed E-state index contributed by atoms with van der Waals surface area (Å²) in [6.07, 6.45) is 1.10. The molecule has 0 heterocycles. The van der Waals surface area contributed by atoms with Gasteiger partial charge in [0.05, 0.1) is 6.04 Å². The molecular weight excluding hydrogens is 280 g/mol. The monoisotopic (exact) mass is 302 g/mol. The van der Waals surface area contributed by atoms with Gasteiger partial charge in [0, 0.05) is 10.9 Å². The predicted molar refractivity (Wildman–Crippen MR) is 90.2 cm³/mol. The van der Waals surface area contributed by atoms with Crippen LogP contribution in [0.25, 0.3) is 0 Å². The summed E-state index contributed by atoms with van der Waals surface area (Å²) in [5.74, 6) is 6.73. The van der Waals surface area contributed by atoms with E-state index in [0.717, 1.165) is 17.0 Å². The van der Waals surface area contributed by atoms with Crippen LogP contribution in [0.15, 0.2) is 54.6 Å². The van der Waals surface area contributed by atoms with E-state index in [9.17, 15) is 0 Å². The molecule has 0 aromatic heterocycles. The largest absolute Gasteiger partial charge is 0.271 e. The molecule has 0 amide bonds. The summed E-state index contributed by atoms with van der Waals surface area (Å²) >= 11 is 5.99. The first-order valence-electron chi connectivity index (χ1n) is 7.44. The second-order valence-corrected chi connectivity index (χ2v) is 5.95. The van der Waals surface area contributed by atoms with Crippen LogP contribution >= 0.6 is 11.6 Å². The molecule has 21 heavy (non-hydrogen) atoms. The van der Waals surface area contributed by atoms with E-state index in [1.807, 2.05) is 30.3 Å². The standard InChI is InChI=1S/C18H23ClN2/c1-3-13(2)17(14-7-5-4-6-8-14)18(21-20)15-9-11-16(19)12-10-15/h4-13,17-18,21H,3,20H2,1-2H3. The van der Waals surface area contributed by atoms with Gasteiger partial charge < -0.3 is 0 Å². The lowest BCUT2D eigenvalue weighted by Gasteiger charge is -2.32. The SMILES string of the molecule is CCC(C)C(c1ccccc1)C(NN)c1ccc(Cl)cc1. The van der Waals surface area contributed by atoms with Crippen LogP contribution in [0.3, 0.4) is 0 Å². The Balaban J connectivity index is 2.40. The van der Waals surface area contributed by atoms with E-state index in [2.05, 4.69) is 43.5 Å². The van der Waals surface area contributed by atoms with E-state index in [1.165, 1.54) is 5.56 Å². The molecule has 3 atom stereocenters. The fourth-order valence-electron chi connectivity index (χ4n) is 2.86. The fraction of sp³-hybridized carbons (Fsp3) is 0.333. The van der Waals surface area contributed by atoms with Crippen molar-refractivity contribution in [3.8, 4) is 0 Å². The Morgan fingerprint density at radius 2 is 1.62 bits per heavy atom. The average molecular weight is 303 g/mol. The Kier molecular flexibility index (Phi) is 5.80. The first-order valence-corrected chi connectivity index (χ1v) is 7.81. The van der Waals surface area contributed by atoms with E-state index < -0.39 is 0 Å². The van der Waals surface area contributed by atoms with Gasteiger partial charge in [-0.05, 0) is 29.2 Å². The highest BCUT2D eigenvalue weighted by atomic mass is 35.5. The molecule has 2 nitrogen and oxygen atoms in total. The van der Waals surface area contributed by atoms with Gasteiger partial charge in [-0.25, -0.2) is 0 Å². The number of rotatable bonds is 6. The molecule has 0 bridgehead atoms. The van der Waals surface area contributed by atoms with Crippen molar-refractivity contribution in [3.05, 3.63) is 70.7 Å². The minimum Gasteiger partial charge on any atom is -0.271 e. The molecule has 0 saturated carbocycles. The first kappa shape index (κ1) is 16.0. The summed E-state index contributed by atoms with van der Waals surface area (Å²) in [5.41, 5.74) is 5.48. The van der Waals surface area contributed by atoms with Crippen molar-refractivity contribution >= 4 is 11.6 Å². The minimum atomic E-state index is 0.0691. The van der Waals surface area contributed by atoms with Crippen LogP contribution in [-0.2, 0) is 0 Å². The number of hydrogen-bond donors (Lipinski definition) is 2. The van der Waals surface area contributed by atoms with Gasteiger partial charge in [0.15, 0.2) is 0 Å². The third-order valence-corrected chi connectivity index (χ3v) is 4.46. The van der Waals surface area contributed by atoms with Crippen molar-refractivity contribution in [2.75, 3.05) is 0 Å². The summed E-state index contributed by atoms with van der Waals surface area (Å²) in [5, 5.41) is 0.745. The van der Waals surface area contributed by atoms with Crippen molar-refractivity contribution in [1.82, 2.24) is 5.43 Å². The van der Waals surface area contributed by atoms with E-state index >= 15 is 0 Å². The Morgan fingerprint density at radius 3 is 2.14 bits per heavy atom. The lowest BCUT2D eigenvalue weighted by molar-refractivity contribution is 0.343. The molecule has 2 rings (SSSR count). The highest BCUT2D eigenvalue weighted by Crippen LogP contribution is 2.38. The zero-order chi connectivity index (χ0) is 15.2. The maximum absolute atomic E-state index is 5.99. The van der Waals surface area contributed by atoms with Gasteiger partial charge in [-0.15, -0.1) is 0 Å². The lowest BCUT2D eigenvalue weighted by atomic mass is 9.78. The molecule has 0 saturated heterocycles. The van der Waals surface area contributed by atoms with Crippen LogP contribution in [0.1, 0.15) is 43.4 Å². The molecular formula is C18H23ClN2. The Labute approximate surface area is 132 Å². The van der Waals surface area contributed by atoms with Crippen molar-refractivity contribution in [3.63, 3.8) is 0 Å². The average Bonchev–Trinajstić information content (AvgIpc) is 2.53. The van der Waals surface area contributed by atoms with E-state index in [0.29, 0.717) is 11.8 Å². The molecule has 0 aliphatic heterocycles. The highest BCUT2D eigenvalue weighted by Gasteiger charge is 2.28. The zero-order valence-electron chi connectivity index (χ0n) is 12.6. The second kappa shape index (κ2) is 7.60. The molecule has 0 aliphatic rings. The van der Waals surface area contributed by atoms with Gasteiger partial charge in [0.25, 0.3) is 0 Å². The summed E-state index contributed by atoms with van der Waals surface area (Å²) in [4.78, 5) is 0. The quantitative estimate of drug-likeness (QED) is 0.601. The topological polar surface area (TPSA) is 38.0 Å². The van der Waals surface area contributed by atoms with Crippen LogP contribution in [0.2, 0.25) is 5.02 Å². The number of benzene rings is 2. The molecule has 0 fully saturated rings. The molecule has 3 N–H and O–H groups in total. The van der Waals surface area contributed by atoms with E-state index in [4.69, 9.17) is 17.4 Å². The summed E-state index contributed by atoms with van der Waals surface area (Å²) < 4.78 is 0. The molecule has 3 unspecified atom stereocenters. The van der Waals surface area contributed by atoms with Gasteiger partial charge in [-0.1, -0.05) is 74.3 Å². The molecule has 3 heteroatoms. The number of hydrogen-bond acceptors (Lipinski definition) is 2. The predicted octanol–water partition coefficient (Wildman–Crippen LogP) is 4.67. The first-order chi connectivity index (χ1) is 10.2. The minimum absolute atomic E-state index is 0.0691. The fourth-order valence-corrected chi connectivity index (χ4v) is 2.98. The molecule has 0 aliphatic carbocycles. The Hall–Kier alpha value is -1.35.